The number of hydrogen-bond acceptors (Lipinski definition) is 6. The summed E-state index contributed by atoms with van der Waals surface area (Å²) in [4.78, 5) is 56.2. The summed E-state index contributed by atoms with van der Waals surface area (Å²) < 4.78 is 0.463. The van der Waals surface area contributed by atoms with E-state index in [4.69, 9.17) is 17.3 Å². The first-order valence-corrected chi connectivity index (χ1v) is 14.5. The molecule has 4 atom stereocenters. The fraction of sp³-hybridized carbons (Fsp3) is 0.320. The molecule has 0 spiro atoms. The smallest absolute Gasteiger partial charge is 0.327 e. The molecule has 39 heavy (non-hydrogen) atoms. The van der Waals surface area contributed by atoms with E-state index in [0.29, 0.717) is 25.1 Å². The summed E-state index contributed by atoms with van der Waals surface area (Å²) in [6.45, 7) is 3.15. The number of carbonyl (C=O) groups is 4. The van der Waals surface area contributed by atoms with E-state index in [1.54, 1.807) is 56.3 Å². The number of thioether (sulfide) groups is 1. The van der Waals surface area contributed by atoms with E-state index in [9.17, 15) is 24.3 Å². The predicted octanol–water partition coefficient (Wildman–Crippen LogP) is 3.06. The monoisotopic (exact) mass is 699 g/mol. The third kappa shape index (κ3) is 5.96. The van der Waals surface area contributed by atoms with Crippen molar-refractivity contribution in [2.75, 3.05) is 6.54 Å². The molecule has 14 heteroatoms. The van der Waals surface area contributed by atoms with Gasteiger partial charge in [0.25, 0.3) is 0 Å². The number of carboxylic acids is 1. The molecule has 2 aliphatic rings. The first-order valence-electron chi connectivity index (χ1n) is 11.6. The third-order valence-corrected chi connectivity index (χ3v) is 10.0. The zero-order valence-corrected chi connectivity index (χ0v) is 25.4. The lowest BCUT2D eigenvalue weighted by Gasteiger charge is -2.44. The SMILES string of the molecule is CC1(C)S[C@@H]2[C@H](NC(=O)C(NC(=O)CN=C(N)c3cc(Br)c(Cl)c(Br)c3)c3ccccc3)C(=O)N2[C@H]1C(=O)O. The Balaban J connectivity index is 1.47. The van der Waals surface area contributed by atoms with Crippen molar-refractivity contribution in [2.45, 2.75) is 42.1 Å². The van der Waals surface area contributed by atoms with Gasteiger partial charge in [0.2, 0.25) is 17.7 Å². The van der Waals surface area contributed by atoms with Crippen molar-refractivity contribution in [1.29, 1.82) is 0 Å². The summed E-state index contributed by atoms with van der Waals surface area (Å²) in [5.41, 5.74) is 7.10. The molecular weight excluding hydrogens is 678 g/mol. The van der Waals surface area contributed by atoms with Crippen LogP contribution in [0.25, 0.3) is 0 Å². The lowest BCUT2D eigenvalue weighted by Crippen LogP contribution is -2.71. The van der Waals surface area contributed by atoms with Gasteiger partial charge in [0.05, 0.1) is 5.02 Å². The minimum absolute atomic E-state index is 0.0953. The molecule has 0 bridgehead atoms. The van der Waals surface area contributed by atoms with Crippen molar-refractivity contribution in [2.24, 2.45) is 10.7 Å². The van der Waals surface area contributed by atoms with Gasteiger partial charge in [-0.3, -0.25) is 19.4 Å². The van der Waals surface area contributed by atoms with Crippen LogP contribution in [-0.2, 0) is 19.2 Å². The highest BCUT2D eigenvalue weighted by Crippen LogP contribution is 2.50. The van der Waals surface area contributed by atoms with Gasteiger partial charge < -0.3 is 26.4 Å². The Morgan fingerprint density at radius 2 is 1.82 bits per heavy atom. The Morgan fingerprint density at radius 1 is 1.21 bits per heavy atom. The van der Waals surface area contributed by atoms with E-state index in [-0.39, 0.29) is 12.4 Å². The lowest BCUT2D eigenvalue weighted by atomic mass is 9.95. The van der Waals surface area contributed by atoms with E-state index >= 15 is 0 Å². The molecule has 2 saturated heterocycles. The predicted molar refractivity (Wildman–Crippen MR) is 155 cm³/mol. The van der Waals surface area contributed by atoms with Gasteiger partial charge in [0.1, 0.15) is 35.9 Å². The lowest BCUT2D eigenvalue weighted by molar-refractivity contribution is -0.161. The normalized spacial score (nSPS) is 22.5. The molecule has 4 rings (SSSR count). The van der Waals surface area contributed by atoms with Gasteiger partial charge >= 0.3 is 5.97 Å². The molecule has 10 nitrogen and oxygen atoms in total. The van der Waals surface area contributed by atoms with E-state index in [2.05, 4.69) is 47.5 Å². The van der Waals surface area contributed by atoms with Crippen LogP contribution in [0.2, 0.25) is 5.02 Å². The minimum atomic E-state index is -1.12. The highest BCUT2D eigenvalue weighted by Gasteiger charge is 2.64. The van der Waals surface area contributed by atoms with Crippen molar-refractivity contribution in [1.82, 2.24) is 15.5 Å². The summed E-state index contributed by atoms with van der Waals surface area (Å²) in [6.07, 6.45) is 0. The fourth-order valence-electron chi connectivity index (χ4n) is 4.49. The summed E-state index contributed by atoms with van der Waals surface area (Å²) >= 11 is 14.1. The first-order chi connectivity index (χ1) is 18.3. The summed E-state index contributed by atoms with van der Waals surface area (Å²) in [7, 11) is 0. The Kier molecular flexibility index (Phi) is 8.64. The van der Waals surface area contributed by atoms with E-state index < -0.39 is 51.9 Å². The quantitative estimate of drug-likeness (QED) is 0.143. The second-order valence-electron chi connectivity index (χ2n) is 9.45. The van der Waals surface area contributed by atoms with Crippen LogP contribution in [0.5, 0.6) is 0 Å². The van der Waals surface area contributed by atoms with Crippen LogP contribution in [0.15, 0.2) is 56.4 Å². The molecule has 2 aliphatic heterocycles. The Morgan fingerprint density at radius 3 is 2.41 bits per heavy atom. The maximum absolute atomic E-state index is 13.4. The molecule has 0 radical (unpaired) electrons. The number of nitrogens with one attached hydrogen (secondary N) is 2. The van der Waals surface area contributed by atoms with Gasteiger partial charge in [-0.1, -0.05) is 41.9 Å². The molecule has 1 unspecified atom stereocenters. The zero-order chi connectivity index (χ0) is 28.6. The van der Waals surface area contributed by atoms with E-state index in [1.165, 1.54) is 16.7 Å². The number of carboxylic acid groups (broad SMARTS) is 1. The Bertz CT molecular complexity index is 1350. The van der Waals surface area contributed by atoms with Crippen molar-refractivity contribution < 1.29 is 24.3 Å². The molecule has 2 aromatic rings. The van der Waals surface area contributed by atoms with Crippen LogP contribution in [-0.4, -0.2) is 68.3 Å². The second-order valence-corrected chi connectivity index (χ2v) is 13.3. The number of fused-ring (bicyclic) bond motifs is 1. The van der Waals surface area contributed by atoms with Crippen LogP contribution in [0.4, 0.5) is 0 Å². The number of aliphatic carboxylic acids is 1. The minimum Gasteiger partial charge on any atom is -0.480 e. The number of benzene rings is 2. The largest absolute Gasteiger partial charge is 0.480 e. The number of nitrogens with two attached hydrogens (primary N) is 1. The highest BCUT2D eigenvalue weighted by atomic mass is 79.9. The number of carbonyl (C=O) groups excluding carboxylic acids is 3. The molecule has 0 aliphatic carbocycles. The van der Waals surface area contributed by atoms with E-state index in [1.807, 2.05) is 0 Å². The molecular formula is C25H24Br2ClN5O5S. The summed E-state index contributed by atoms with van der Waals surface area (Å²) in [5, 5.41) is 14.9. The number of amidine groups is 1. The van der Waals surface area contributed by atoms with Crippen molar-refractivity contribution in [3.05, 3.63) is 67.6 Å². The number of amides is 3. The highest BCUT2D eigenvalue weighted by molar-refractivity contribution is 9.11. The van der Waals surface area contributed by atoms with Crippen LogP contribution in [0.1, 0.15) is 31.0 Å². The third-order valence-electron chi connectivity index (χ3n) is 6.35. The molecule has 0 saturated carbocycles. The number of aliphatic imine (C=N–C) groups is 1. The molecule has 3 amide bonds. The van der Waals surface area contributed by atoms with Gasteiger partial charge in [-0.25, -0.2) is 4.79 Å². The van der Waals surface area contributed by atoms with Crippen LogP contribution in [0, 0.1) is 0 Å². The summed E-state index contributed by atoms with van der Waals surface area (Å²) in [6, 6.07) is 8.86. The van der Waals surface area contributed by atoms with Crippen molar-refractivity contribution in [3.63, 3.8) is 0 Å². The first kappa shape index (κ1) is 29.4. The zero-order valence-electron chi connectivity index (χ0n) is 20.7. The Hall–Kier alpha value is -2.61. The second kappa shape index (κ2) is 11.5. The van der Waals surface area contributed by atoms with Crippen LogP contribution < -0.4 is 16.4 Å². The topological polar surface area (TPSA) is 154 Å². The molecule has 5 N–H and O–H groups in total. The molecule has 206 valence electrons. The summed E-state index contributed by atoms with van der Waals surface area (Å²) in [5.74, 6) is -2.65. The maximum Gasteiger partial charge on any atom is 0.327 e. The average molecular weight is 702 g/mol. The van der Waals surface area contributed by atoms with Crippen LogP contribution in [0.3, 0.4) is 0 Å². The standard InChI is InChI=1S/C25H24Br2ClN5O5S/c1-25(2)19(24(37)38)33-22(36)18(23(33)39-25)32-21(35)17(11-6-4-3-5-7-11)31-15(34)10-30-20(29)12-8-13(26)16(28)14(27)9-12/h3-9,17-19,23H,10H2,1-2H3,(H2,29,30)(H,31,34)(H,32,35)(H,37,38)/t17?,18-,19+,23-/m1/s1. The number of hydrogen-bond donors (Lipinski definition) is 4. The average Bonchev–Trinajstić information content (AvgIpc) is 3.15. The van der Waals surface area contributed by atoms with Crippen LogP contribution >= 0.6 is 55.2 Å². The molecule has 2 heterocycles. The molecule has 2 fully saturated rings. The number of β-lactam (4-membered cyclic amide) rings is 1. The molecule has 0 aromatic heterocycles. The van der Waals surface area contributed by atoms with Crippen molar-refractivity contribution in [3.8, 4) is 0 Å². The van der Waals surface area contributed by atoms with E-state index in [0.717, 1.165) is 0 Å². The van der Waals surface area contributed by atoms with Gasteiger partial charge in [-0.05, 0) is 63.4 Å². The number of rotatable bonds is 8. The van der Waals surface area contributed by atoms with Gasteiger partial charge in [-0.2, -0.15) is 0 Å². The maximum atomic E-state index is 13.4. The van der Waals surface area contributed by atoms with Gasteiger partial charge in [0.15, 0.2) is 0 Å². The van der Waals surface area contributed by atoms with Crippen molar-refractivity contribution >= 4 is 84.7 Å². The Labute approximate surface area is 250 Å². The number of halogens is 3. The van der Waals surface area contributed by atoms with Gasteiger partial charge in [0, 0.05) is 19.3 Å². The molecule has 2 aromatic carbocycles. The number of nitrogens with zero attached hydrogens (tertiary/aromatic N) is 2. The fourth-order valence-corrected chi connectivity index (χ4v) is 7.41. The van der Waals surface area contributed by atoms with Gasteiger partial charge in [-0.15, -0.1) is 11.8 Å².